The van der Waals surface area contributed by atoms with Gasteiger partial charge in [0.1, 0.15) is 17.0 Å². The van der Waals surface area contributed by atoms with E-state index in [0.29, 0.717) is 24.1 Å². The Morgan fingerprint density at radius 2 is 1.63 bits per heavy atom. The van der Waals surface area contributed by atoms with Gasteiger partial charge in [-0.25, -0.2) is 9.59 Å². The van der Waals surface area contributed by atoms with Gasteiger partial charge in [-0.3, -0.25) is 0 Å². The first-order valence-corrected chi connectivity index (χ1v) is 9.93. The molecular weight excluding hydrogens is 386 g/mol. The number of phenols is 1. The van der Waals surface area contributed by atoms with Gasteiger partial charge in [0.25, 0.3) is 0 Å². The van der Waals surface area contributed by atoms with Gasteiger partial charge in [0, 0.05) is 23.9 Å². The molecular formula is C22H29N3O5. The van der Waals surface area contributed by atoms with Gasteiger partial charge in [-0.2, -0.15) is 9.78 Å². The van der Waals surface area contributed by atoms with Crippen LogP contribution in [0.3, 0.4) is 0 Å². The van der Waals surface area contributed by atoms with Crippen LogP contribution in [0.5, 0.6) is 5.75 Å². The SMILES string of the molecule is CC(C)(C)OC(=O)N1CCc2cc(-c3cnn(C(=O)OC(C)(C)C)c3)cc(O)c2C1. The monoisotopic (exact) mass is 415 g/mol. The van der Waals surface area contributed by atoms with E-state index in [-0.39, 0.29) is 12.3 Å². The maximum atomic E-state index is 12.4. The van der Waals surface area contributed by atoms with Gasteiger partial charge >= 0.3 is 12.2 Å². The fourth-order valence-corrected chi connectivity index (χ4v) is 3.18. The molecule has 0 atom stereocenters. The van der Waals surface area contributed by atoms with E-state index < -0.39 is 23.4 Å². The van der Waals surface area contributed by atoms with Crippen molar-refractivity contribution >= 4 is 12.2 Å². The largest absolute Gasteiger partial charge is 0.508 e. The van der Waals surface area contributed by atoms with Crippen LogP contribution < -0.4 is 0 Å². The molecule has 3 rings (SSSR count). The molecule has 2 heterocycles. The molecule has 8 nitrogen and oxygen atoms in total. The number of ether oxygens (including phenoxy) is 2. The first-order valence-electron chi connectivity index (χ1n) is 9.93. The summed E-state index contributed by atoms with van der Waals surface area (Å²) in [5.41, 5.74) is 1.90. The zero-order valence-corrected chi connectivity index (χ0v) is 18.4. The molecule has 0 radical (unpaired) electrons. The third-order valence-corrected chi connectivity index (χ3v) is 4.47. The average Bonchev–Trinajstić information content (AvgIpc) is 3.09. The highest BCUT2D eigenvalue weighted by molar-refractivity contribution is 5.74. The zero-order chi connectivity index (χ0) is 22.3. The van der Waals surface area contributed by atoms with Gasteiger partial charge < -0.3 is 19.5 Å². The lowest BCUT2D eigenvalue weighted by molar-refractivity contribution is 0.0222. The van der Waals surface area contributed by atoms with Crippen molar-refractivity contribution in [1.29, 1.82) is 0 Å². The van der Waals surface area contributed by atoms with Crippen LogP contribution in [-0.2, 0) is 22.4 Å². The van der Waals surface area contributed by atoms with Crippen LogP contribution in [0.15, 0.2) is 24.5 Å². The van der Waals surface area contributed by atoms with Crippen molar-refractivity contribution < 1.29 is 24.2 Å². The Kier molecular flexibility index (Phi) is 5.54. The summed E-state index contributed by atoms with van der Waals surface area (Å²) in [7, 11) is 0. The number of phenolic OH excluding ortho intramolecular Hbond substituents is 1. The maximum Gasteiger partial charge on any atom is 0.435 e. The van der Waals surface area contributed by atoms with Crippen molar-refractivity contribution in [2.75, 3.05) is 6.54 Å². The summed E-state index contributed by atoms with van der Waals surface area (Å²) in [4.78, 5) is 26.1. The fraction of sp³-hybridized carbons (Fsp3) is 0.500. The number of nitrogens with zero attached hydrogens (tertiary/aromatic N) is 3. The molecule has 1 aliphatic heterocycles. The van der Waals surface area contributed by atoms with E-state index in [9.17, 15) is 14.7 Å². The second-order valence-electron chi connectivity index (χ2n) is 9.44. The van der Waals surface area contributed by atoms with Crippen molar-refractivity contribution in [3.05, 3.63) is 35.7 Å². The Hall–Kier alpha value is -3.03. The highest BCUT2D eigenvalue weighted by Gasteiger charge is 2.28. The summed E-state index contributed by atoms with van der Waals surface area (Å²) in [6.07, 6.45) is 2.77. The van der Waals surface area contributed by atoms with Crippen molar-refractivity contribution in [2.24, 2.45) is 0 Å². The van der Waals surface area contributed by atoms with Gasteiger partial charge in [0.2, 0.25) is 0 Å². The number of amides is 1. The van der Waals surface area contributed by atoms with Gasteiger partial charge in [-0.15, -0.1) is 0 Å². The molecule has 8 heteroatoms. The summed E-state index contributed by atoms with van der Waals surface area (Å²) >= 11 is 0. The molecule has 1 aromatic carbocycles. The second kappa shape index (κ2) is 7.66. The number of fused-ring (bicyclic) bond motifs is 1. The minimum Gasteiger partial charge on any atom is -0.508 e. The lowest BCUT2D eigenvalue weighted by Gasteiger charge is -2.31. The molecule has 0 spiro atoms. The molecule has 1 aromatic heterocycles. The molecule has 1 N–H and O–H groups in total. The highest BCUT2D eigenvalue weighted by Crippen LogP contribution is 2.33. The summed E-state index contributed by atoms with van der Waals surface area (Å²) < 4.78 is 11.9. The van der Waals surface area contributed by atoms with E-state index in [1.807, 2.05) is 26.8 Å². The van der Waals surface area contributed by atoms with Crippen LogP contribution in [-0.4, -0.2) is 49.7 Å². The van der Waals surface area contributed by atoms with Crippen LogP contribution in [0.1, 0.15) is 52.7 Å². The van der Waals surface area contributed by atoms with Crippen LogP contribution in [0.2, 0.25) is 0 Å². The van der Waals surface area contributed by atoms with E-state index in [1.165, 1.54) is 0 Å². The van der Waals surface area contributed by atoms with Gasteiger partial charge in [-0.1, -0.05) is 6.07 Å². The Labute approximate surface area is 176 Å². The van der Waals surface area contributed by atoms with Crippen molar-refractivity contribution in [1.82, 2.24) is 14.7 Å². The number of carbonyl (C=O) groups excluding carboxylic acids is 2. The number of aromatic nitrogens is 2. The van der Waals surface area contributed by atoms with Crippen LogP contribution in [0, 0.1) is 0 Å². The molecule has 1 aliphatic rings. The van der Waals surface area contributed by atoms with Crippen LogP contribution >= 0.6 is 0 Å². The molecule has 0 aliphatic carbocycles. The predicted molar refractivity (Wildman–Crippen MR) is 111 cm³/mol. The number of hydrogen-bond donors (Lipinski definition) is 1. The first kappa shape index (κ1) is 21.7. The summed E-state index contributed by atoms with van der Waals surface area (Å²) in [6.45, 7) is 11.6. The van der Waals surface area contributed by atoms with Crippen molar-refractivity contribution in [3.63, 3.8) is 0 Å². The number of hydrogen-bond acceptors (Lipinski definition) is 6. The molecule has 0 saturated carbocycles. The summed E-state index contributed by atoms with van der Waals surface area (Å²) in [6, 6.07) is 3.58. The topological polar surface area (TPSA) is 93.9 Å². The van der Waals surface area contributed by atoms with E-state index in [4.69, 9.17) is 9.47 Å². The van der Waals surface area contributed by atoms with Crippen molar-refractivity contribution in [2.45, 2.75) is 65.7 Å². The lowest BCUT2D eigenvalue weighted by Crippen LogP contribution is -2.39. The third kappa shape index (κ3) is 5.11. The number of aromatic hydroxyl groups is 1. The van der Waals surface area contributed by atoms with Crippen molar-refractivity contribution in [3.8, 4) is 16.9 Å². The normalized spacial score (nSPS) is 14.3. The standard InChI is InChI=1S/C22H29N3O5/c1-21(2,3)29-19(27)24-8-7-14-9-15(10-18(26)17(14)13-24)16-11-23-25(12-16)20(28)30-22(4,5)6/h9-12,26H,7-8,13H2,1-6H3. The molecule has 0 saturated heterocycles. The minimum absolute atomic E-state index is 0.0979. The molecule has 2 aromatic rings. The number of benzene rings is 1. The molecule has 1 amide bonds. The quantitative estimate of drug-likeness (QED) is 0.745. The van der Waals surface area contributed by atoms with Gasteiger partial charge in [0.15, 0.2) is 0 Å². The summed E-state index contributed by atoms with van der Waals surface area (Å²) in [5, 5.41) is 14.7. The third-order valence-electron chi connectivity index (χ3n) is 4.47. The van der Waals surface area contributed by atoms with E-state index in [0.717, 1.165) is 15.8 Å². The fourth-order valence-electron chi connectivity index (χ4n) is 3.18. The molecule has 0 bridgehead atoms. The van der Waals surface area contributed by atoms with E-state index in [1.54, 1.807) is 44.1 Å². The van der Waals surface area contributed by atoms with Crippen LogP contribution in [0.25, 0.3) is 11.1 Å². The Morgan fingerprint density at radius 3 is 2.27 bits per heavy atom. The highest BCUT2D eigenvalue weighted by atomic mass is 16.6. The molecule has 30 heavy (non-hydrogen) atoms. The Balaban J connectivity index is 1.80. The second-order valence-corrected chi connectivity index (χ2v) is 9.44. The smallest absolute Gasteiger partial charge is 0.435 e. The first-order chi connectivity index (χ1) is 13.8. The minimum atomic E-state index is -0.618. The molecule has 0 fully saturated rings. The average molecular weight is 415 g/mol. The molecule has 0 unspecified atom stereocenters. The Bertz CT molecular complexity index is 966. The predicted octanol–water partition coefficient (Wildman–Crippen LogP) is 4.33. The summed E-state index contributed by atoms with van der Waals surface area (Å²) in [5.74, 6) is 0.0979. The Morgan fingerprint density at radius 1 is 1.00 bits per heavy atom. The van der Waals surface area contributed by atoms with E-state index >= 15 is 0 Å². The van der Waals surface area contributed by atoms with Gasteiger partial charge in [0.05, 0.1) is 12.7 Å². The zero-order valence-electron chi connectivity index (χ0n) is 18.4. The molecule has 162 valence electrons. The lowest BCUT2D eigenvalue weighted by atomic mass is 9.94. The van der Waals surface area contributed by atoms with Crippen LogP contribution in [0.4, 0.5) is 9.59 Å². The number of carbonyl (C=O) groups is 2. The number of rotatable bonds is 1. The van der Waals surface area contributed by atoms with Gasteiger partial charge in [-0.05, 0) is 65.2 Å². The van der Waals surface area contributed by atoms with E-state index in [2.05, 4.69) is 5.10 Å². The maximum absolute atomic E-state index is 12.4.